The quantitative estimate of drug-likeness (QED) is 0.305. The molecule has 9 heteroatoms. The van der Waals surface area contributed by atoms with Gasteiger partial charge in [-0.05, 0) is 37.5 Å². The summed E-state index contributed by atoms with van der Waals surface area (Å²) in [4.78, 5) is 17.4. The van der Waals surface area contributed by atoms with Gasteiger partial charge in [0.1, 0.15) is 18.1 Å². The van der Waals surface area contributed by atoms with E-state index < -0.39 is 24.2 Å². The molecule has 1 N–H and O–H groups in total. The average Bonchev–Trinajstić information content (AvgIpc) is 3.11. The summed E-state index contributed by atoms with van der Waals surface area (Å²) in [5.74, 6) is -1.49. The molecule has 5 nitrogen and oxygen atoms in total. The van der Waals surface area contributed by atoms with Gasteiger partial charge in [0.2, 0.25) is 0 Å². The van der Waals surface area contributed by atoms with E-state index in [1.54, 1.807) is 29.7 Å². The molecule has 0 bridgehead atoms. The van der Waals surface area contributed by atoms with E-state index in [-0.39, 0.29) is 36.0 Å². The SMILES string of the molecule is CCCC[C@H](CO)CC(=O)c1c(C)nc2c(OCc3cccc(C(F)(F)F)c3F)cccn12. The number of aryl methyl sites for hydroxylation is 1. The number of pyridine rings is 1. The van der Waals surface area contributed by atoms with Crippen molar-refractivity contribution in [2.24, 2.45) is 5.92 Å². The normalized spacial score (nSPS) is 12.8. The second-order valence-corrected chi connectivity index (χ2v) is 8.00. The van der Waals surface area contributed by atoms with Crippen molar-refractivity contribution >= 4 is 11.4 Å². The highest BCUT2D eigenvalue weighted by molar-refractivity contribution is 5.96. The first kappa shape index (κ1) is 24.7. The van der Waals surface area contributed by atoms with E-state index in [1.807, 2.05) is 6.92 Å². The van der Waals surface area contributed by atoms with Crippen molar-refractivity contribution in [3.05, 3.63) is 64.9 Å². The zero-order chi connectivity index (χ0) is 24.2. The van der Waals surface area contributed by atoms with Crippen LogP contribution >= 0.6 is 0 Å². The number of Topliss-reactive ketones (excluding diaryl/α,β-unsaturated/α-hetero) is 1. The molecule has 2 aromatic heterocycles. The Kier molecular flexibility index (Phi) is 7.73. The summed E-state index contributed by atoms with van der Waals surface area (Å²) >= 11 is 0. The third-order valence-corrected chi connectivity index (χ3v) is 5.52. The van der Waals surface area contributed by atoms with Crippen molar-refractivity contribution in [3.63, 3.8) is 0 Å². The number of imidazole rings is 1. The van der Waals surface area contributed by atoms with Crippen LogP contribution in [0.3, 0.4) is 0 Å². The van der Waals surface area contributed by atoms with Gasteiger partial charge in [0, 0.05) is 24.8 Å². The van der Waals surface area contributed by atoms with Crippen molar-refractivity contribution < 1.29 is 32.2 Å². The molecule has 2 heterocycles. The summed E-state index contributed by atoms with van der Waals surface area (Å²) in [5, 5.41) is 9.60. The highest BCUT2D eigenvalue weighted by Crippen LogP contribution is 2.33. The summed E-state index contributed by atoms with van der Waals surface area (Å²) in [6.45, 7) is 3.20. The van der Waals surface area contributed by atoms with E-state index in [1.165, 1.54) is 6.07 Å². The number of rotatable bonds is 10. The molecule has 0 aliphatic heterocycles. The van der Waals surface area contributed by atoms with E-state index >= 15 is 0 Å². The number of halogens is 4. The minimum atomic E-state index is -4.81. The van der Waals surface area contributed by atoms with Crippen LogP contribution in [0.1, 0.15) is 59.9 Å². The molecular weight excluding hydrogens is 440 g/mol. The standard InChI is InChI=1S/C24H26F4N2O3/c1-3-4-7-16(13-31)12-19(32)22-15(2)29-23-20(10-6-11-30(22)23)33-14-17-8-5-9-18(21(17)25)24(26,27)28/h5-6,8-11,16,31H,3-4,7,12-14H2,1-2H3/t16-/m0/s1. The molecule has 0 amide bonds. The van der Waals surface area contributed by atoms with Crippen LogP contribution in [0, 0.1) is 18.7 Å². The number of fused-ring (bicyclic) bond motifs is 1. The Morgan fingerprint density at radius 1 is 1.24 bits per heavy atom. The Hall–Kier alpha value is -2.94. The Bertz CT molecular complexity index is 1120. The smallest absolute Gasteiger partial charge is 0.419 e. The van der Waals surface area contributed by atoms with Crippen molar-refractivity contribution in [1.29, 1.82) is 0 Å². The highest BCUT2D eigenvalue weighted by atomic mass is 19.4. The van der Waals surface area contributed by atoms with Gasteiger partial charge in [0.15, 0.2) is 17.2 Å². The van der Waals surface area contributed by atoms with Gasteiger partial charge in [-0.2, -0.15) is 13.2 Å². The van der Waals surface area contributed by atoms with E-state index in [2.05, 4.69) is 4.98 Å². The van der Waals surface area contributed by atoms with Crippen LogP contribution in [-0.4, -0.2) is 26.9 Å². The van der Waals surface area contributed by atoms with Crippen LogP contribution in [0.25, 0.3) is 5.65 Å². The number of hydrogen-bond acceptors (Lipinski definition) is 4. The van der Waals surface area contributed by atoms with Gasteiger partial charge < -0.3 is 9.84 Å². The summed E-state index contributed by atoms with van der Waals surface area (Å²) in [7, 11) is 0. The van der Waals surface area contributed by atoms with E-state index in [0.29, 0.717) is 23.1 Å². The second-order valence-electron chi connectivity index (χ2n) is 8.00. The maximum absolute atomic E-state index is 14.3. The van der Waals surface area contributed by atoms with E-state index in [4.69, 9.17) is 4.74 Å². The van der Waals surface area contributed by atoms with Gasteiger partial charge in [-0.25, -0.2) is 9.37 Å². The molecule has 0 unspecified atom stereocenters. The molecular formula is C24H26F4N2O3. The average molecular weight is 466 g/mol. The van der Waals surface area contributed by atoms with Crippen LogP contribution in [0.5, 0.6) is 5.75 Å². The Labute approximate surface area is 189 Å². The van der Waals surface area contributed by atoms with Crippen LogP contribution in [-0.2, 0) is 12.8 Å². The molecule has 0 fully saturated rings. The van der Waals surface area contributed by atoms with Crippen LogP contribution in [0.2, 0.25) is 0 Å². The van der Waals surface area contributed by atoms with Gasteiger partial charge in [-0.15, -0.1) is 0 Å². The number of hydrogen-bond donors (Lipinski definition) is 1. The number of ketones is 1. The topological polar surface area (TPSA) is 63.8 Å². The summed E-state index contributed by atoms with van der Waals surface area (Å²) in [5.41, 5.74) is -0.468. The fourth-order valence-corrected chi connectivity index (χ4v) is 3.78. The minimum Gasteiger partial charge on any atom is -0.485 e. The molecule has 3 aromatic rings. The zero-order valence-corrected chi connectivity index (χ0v) is 18.5. The zero-order valence-electron chi connectivity index (χ0n) is 18.5. The molecule has 0 spiro atoms. The maximum atomic E-state index is 14.3. The number of aliphatic hydroxyl groups is 1. The number of aromatic nitrogens is 2. The fraction of sp³-hybridized carbons (Fsp3) is 0.417. The van der Waals surface area contributed by atoms with E-state index in [0.717, 1.165) is 25.3 Å². The molecule has 0 radical (unpaired) electrons. The first-order valence-corrected chi connectivity index (χ1v) is 10.8. The Balaban J connectivity index is 1.85. The third kappa shape index (κ3) is 5.52. The lowest BCUT2D eigenvalue weighted by molar-refractivity contribution is -0.140. The third-order valence-electron chi connectivity index (χ3n) is 5.52. The van der Waals surface area contributed by atoms with Crippen LogP contribution in [0.4, 0.5) is 17.6 Å². The van der Waals surface area contributed by atoms with Gasteiger partial charge in [-0.3, -0.25) is 9.20 Å². The second kappa shape index (κ2) is 10.3. The number of carbonyl (C=O) groups is 1. The monoisotopic (exact) mass is 466 g/mol. The van der Waals surface area contributed by atoms with Crippen molar-refractivity contribution in [3.8, 4) is 5.75 Å². The summed E-state index contributed by atoms with van der Waals surface area (Å²) < 4.78 is 60.4. The lowest BCUT2D eigenvalue weighted by Gasteiger charge is -2.13. The lowest BCUT2D eigenvalue weighted by Crippen LogP contribution is -2.15. The number of aliphatic hydroxyl groups excluding tert-OH is 1. The lowest BCUT2D eigenvalue weighted by atomic mass is 9.95. The van der Waals surface area contributed by atoms with Crippen molar-refractivity contribution in [1.82, 2.24) is 9.38 Å². The first-order valence-electron chi connectivity index (χ1n) is 10.8. The van der Waals surface area contributed by atoms with E-state index in [9.17, 15) is 27.5 Å². The number of nitrogens with zero attached hydrogens (tertiary/aromatic N) is 2. The molecule has 0 aliphatic rings. The number of unbranched alkanes of at least 4 members (excludes halogenated alkanes) is 1. The van der Waals surface area contributed by atoms with Crippen molar-refractivity contribution in [2.75, 3.05) is 6.61 Å². The number of ether oxygens (including phenoxy) is 1. The largest absolute Gasteiger partial charge is 0.485 e. The van der Waals surface area contributed by atoms with Gasteiger partial charge in [0.25, 0.3) is 0 Å². The highest BCUT2D eigenvalue weighted by Gasteiger charge is 2.34. The molecule has 178 valence electrons. The fourth-order valence-electron chi connectivity index (χ4n) is 3.78. The predicted molar refractivity (Wildman–Crippen MR) is 115 cm³/mol. The minimum absolute atomic E-state index is 0.0849. The first-order chi connectivity index (χ1) is 15.7. The maximum Gasteiger partial charge on any atom is 0.419 e. The van der Waals surface area contributed by atoms with Crippen LogP contribution < -0.4 is 4.74 Å². The molecule has 0 aliphatic carbocycles. The number of benzene rings is 1. The number of alkyl halides is 3. The molecule has 0 saturated carbocycles. The Morgan fingerprint density at radius 3 is 2.67 bits per heavy atom. The molecule has 1 aromatic carbocycles. The molecule has 0 saturated heterocycles. The Morgan fingerprint density at radius 2 is 2.00 bits per heavy atom. The number of carbonyl (C=O) groups excluding carboxylic acids is 1. The molecule has 3 rings (SSSR count). The molecule has 1 atom stereocenters. The van der Waals surface area contributed by atoms with Crippen LogP contribution in [0.15, 0.2) is 36.5 Å². The summed E-state index contributed by atoms with van der Waals surface area (Å²) in [6, 6.07) is 6.19. The predicted octanol–water partition coefficient (Wildman–Crippen LogP) is 5.75. The van der Waals surface area contributed by atoms with Crippen molar-refractivity contribution in [2.45, 2.75) is 52.3 Å². The van der Waals surface area contributed by atoms with Gasteiger partial charge in [0.05, 0.1) is 11.3 Å². The summed E-state index contributed by atoms with van der Waals surface area (Å²) in [6.07, 6.45) is -0.377. The van der Waals surface area contributed by atoms with Gasteiger partial charge >= 0.3 is 6.18 Å². The van der Waals surface area contributed by atoms with Gasteiger partial charge in [-0.1, -0.05) is 31.9 Å². The molecule has 33 heavy (non-hydrogen) atoms.